The van der Waals surface area contributed by atoms with E-state index >= 15 is 0 Å². The molecule has 1 N–H and O–H groups in total. The molecule has 0 aromatic carbocycles. The summed E-state index contributed by atoms with van der Waals surface area (Å²) in [4.78, 5) is 2.34. The Morgan fingerprint density at radius 3 is 2.69 bits per heavy atom. The Morgan fingerprint density at radius 1 is 1.46 bits per heavy atom. The zero-order valence-corrected chi connectivity index (χ0v) is 9.47. The van der Waals surface area contributed by atoms with Crippen molar-refractivity contribution in [2.24, 2.45) is 0 Å². The molecular formula is C10H24N2O. The third kappa shape index (κ3) is 6.99. The highest BCUT2D eigenvalue weighted by molar-refractivity contribution is 4.64. The van der Waals surface area contributed by atoms with Crippen molar-refractivity contribution < 1.29 is 4.74 Å². The molecule has 0 bridgehead atoms. The Bertz CT molecular complexity index is 109. The molecule has 0 radical (unpaired) electrons. The SMILES string of the molecule is CCN(C)C(C)CNCCCOC. The second-order valence-corrected chi connectivity index (χ2v) is 3.47. The van der Waals surface area contributed by atoms with E-state index in [4.69, 9.17) is 4.74 Å². The lowest BCUT2D eigenvalue weighted by Gasteiger charge is -2.23. The normalized spacial score (nSPS) is 13.6. The first-order valence-electron chi connectivity index (χ1n) is 5.12. The van der Waals surface area contributed by atoms with Gasteiger partial charge in [0.2, 0.25) is 0 Å². The summed E-state index contributed by atoms with van der Waals surface area (Å²) >= 11 is 0. The monoisotopic (exact) mass is 188 g/mol. The predicted octanol–water partition coefficient (Wildman–Crippen LogP) is 0.953. The molecule has 0 saturated carbocycles. The van der Waals surface area contributed by atoms with Crippen LogP contribution in [0, 0.1) is 0 Å². The smallest absolute Gasteiger partial charge is 0.0474 e. The van der Waals surface area contributed by atoms with Crippen LogP contribution < -0.4 is 5.32 Å². The van der Waals surface area contributed by atoms with E-state index in [2.05, 4.69) is 31.1 Å². The zero-order chi connectivity index (χ0) is 10.1. The molecule has 0 aromatic heterocycles. The first-order chi connectivity index (χ1) is 6.22. The molecule has 0 aliphatic heterocycles. The second-order valence-electron chi connectivity index (χ2n) is 3.47. The lowest BCUT2D eigenvalue weighted by atomic mass is 10.3. The van der Waals surface area contributed by atoms with Crippen molar-refractivity contribution in [1.29, 1.82) is 0 Å². The van der Waals surface area contributed by atoms with Gasteiger partial charge in [-0.2, -0.15) is 0 Å². The van der Waals surface area contributed by atoms with Gasteiger partial charge in [-0.05, 0) is 33.5 Å². The maximum Gasteiger partial charge on any atom is 0.0474 e. The standard InChI is InChI=1S/C10H24N2O/c1-5-12(3)10(2)9-11-7-6-8-13-4/h10-11H,5-9H2,1-4H3. The summed E-state index contributed by atoms with van der Waals surface area (Å²) in [6.45, 7) is 8.50. The van der Waals surface area contributed by atoms with E-state index in [0.717, 1.165) is 32.7 Å². The first kappa shape index (κ1) is 12.9. The molecule has 0 amide bonds. The van der Waals surface area contributed by atoms with Crippen molar-refractivity contribution in [2.75, 3.05) is 40.4 Å². The van der Waals surface area contributed by atoms with Gasteiger partial charge in [-0.25, -0.2) is 0 Å². The minimum Gasteiger partial charge on any atom is -0.385 e. The number of hydrogen-bond acceptors (Lipinski definition) is 3. The predicted molar refractivity (Wildman–Crippen MR) is 57.1 cm³/mol. The summed E-state index contributed by atoms with van der Waals surface area (Å²) in [7, 11) is 3.90. The van der Waals surface area contributed by atoms with Crippen LogP contribution in [0.4, 0.5) is 0 Å². The van der Waals surface area contributed by atoms with E-state index in [1.165, 1.54) is 0 Å². The van der Waals surface area contributed by atoms with Gasteiger partial charge >= 0.3 is 0 Å². The number of hydrogen-bond donors (Lipinski definition) is 1. The fraction of sp³-hybridized carbons (Fsp3) is 1.00. The summed E-state index contributed by atoms with van der Waals surface area (Å²) in [5.41, 5.74) is 0. The lowest BCUT2D eigenvalue weighted by Crippen LogP contribution is -2.38. The van der Waals surface area contributed by atoms with E-state index in [-0.39, 0.29) is 0 Å². The maximum atomic E-state index is 4.97. The molecule has 0 heterocycles. The van der Waals surface area contributed by atoms with Crippen molar-refractivity contribution in [2.45, 2.75) is 26.3 Å². The highest BCUT2D eigenvalue weighted by atomic mass is 16.5. The molecule has 0 aliphatic rings. The minimum atomic E-state index is 0.618. The van der Waals surface area contributed by atoms with Gasteiger partial charge in [0, 0.05) is 26.3 Å². The van der Waals surface area contributed by atoms with E-state index in [1.54, 1.807) is 7.11 Å². The van der Waals surface area contributed by atoms with Gasteiger partial charge in [-0.1, -0.05) is 6.92 Å². The third-order valence-corrected chi connectivity index (χ3v) is 2.39. The Hall–Kier alpha value is -0.120. The van der Waals surface area contributed by atoms with Gasteiger partial charge in [0.05, 0.1) is 0 Å². The summed E-state index contributed by atoms with van der Waals surface area (Å²) in [6.07, 6.45) is 1.10. The van der Waals surface area contributed by atoms with E-state index in [1.807, 2.05) is 0 Å². The average Bonchev–Trinajstić information content (AvgIpc) is 2.16. The molecule has 0 saturated heterocycles. The minimum absolute atomic E-state index is 0.618. The molecule has 1 unspecified atom stereocenters. The molecule has 13 heavy (non-hydrogen) atoms. The Morgan fingerprint density at radius 2 is 2.15 bits per heavy atom. The molecule has 0 rings (SSSR count). The topological polar surface area (TPSA) is 24.5 Å². The van der Waals surface area contributed by atoms with E-state index < -0.39 is 0 Å². The van der Waals surface area contributed by atoms with Gasteiger partial charge in [0.25, 0.3) is 0 Å². The van der Waals surface area contributed by atoms with Gasteiger partial charge in [-0.3, -0.25) is 0 Å². The highest BCUT2D eigenvalue weighted by Crippen LogP contribution is 1.92. The molecule has 0 aromatic rings. The van der Waals surface area contributed by atoms with E-state index in [0.29, 0.717) is 6.04 Å². The Balaban J connectivity index is 3.21. The number of nitrogens with one attached hydrogen (secondary N) is 1. The molecule has 3 heteroatoms. The van der Waals surface area contributed by atoms with Crippen molar-refractivity contribution in [3.05, 3.63) is 0 Å². The number of methoxy groups -OCH3 is 1. The number of ether oxygens (including phenoxy) is 1. The Labute approximate surface area is 82.4 Å². The molecular weight excluding hydrogens is 164 g/mol. The molecule has 0 fully saturated rings. The summed E-state index contributed by atoms with van der Waals surface area (Å²) in [5, 5.41) is 3.41. The van der Waals surface area contributed by atoms with Gasteiger partial charge < -0.3 is 15.0 Å². The summed E-state index contributed by atoms with van der Waals surface area (Å²) < 4.78 is 4.97. The molecule has 0 spiro atoms. The van der Waals surface area contributed by atoms with E-state index in [9.17, 15) is 0 Å². The Kier molecular flexibility index (Phi) is 8.40. The summed E-state index contributed by atoms with van der Waals surface area (Å²) in [6, 6.07) is 0.618. The second kappa shape index (κ2) is 8.48. The van der Waals surface area contributed by atoms with Crippen LogP contribution >= 0.6 is 0 Å². The van der Waals surface area contributed by atoms with Crippen molar-refractivity contribution in [3.63, 3.8) is 0 Å². The molecule has 3 nitrogen and oxygen atoms in total. The third-order valence-electron chi connectivity index (χ3n) is 2.39. The van der Waals surface area contributed by atoms with Crippen molar-refractivity contribution in [3.8, 4) is 0 Å². The van der Waals surface area contributed by atoms with Crippen LogP contribution in [-0.4, -0.2) is 51.3 Å². The molecule has 1 atom stereocenters. The molecule has 80 valence electrons. The van der Waals surface area contributed by atoms with Gasteiger partial charge in [-0.15, -0.1) is 0 Å². The molecule has 0 aliphatic carbocycles. The highest BCUT2D eigenvalue weighted by Gasteiger charge is 2.04. The largest absolute Gasteiger partial charge is 0.385 e. The number of nitrogens with zero attached hydrogens (tertiary/aromatic N) is 1. The van der Waals surface area contributed by atoms with Crippen LogP contribution in [-0.2, 0) is 4.74 Å². The lowest BCUT2D eigenvalue weighted by molar-refractivity contribution is 0.192. The number of rotatable bonds is 8. The zero-order valence-electron chi connectivity index (χ0n) is 9.47. The fourth-order valence-electron chi connectivity index (χ4n) is 1.12. The van der Waals surface area contributed by atoms with Crippen LogP contribution in [0.15, 0.2) is 0 Å². The average molecular weight is 188 g/mol. The van der Waals surface area contributed by atoms with Crippen molar-refractivity contribution >= 4 is 0 Å². The van der Waals surface area contributed by atoms with Gasteiger partial charge in [0.15, 0.2) is 0 Å². The van der Waals surface area contributed by atoms with Crippen molar-refractivity contribution in [1.82, 2.24) is 10.2 Å². The maximum absolute atomic E-state index is 4.97. The number of likely N-dealkylation sites (N-methyl/N-ethyl adjacent to an activating group) is 1. The van der Waals surface area contributed by atoms with Crippen LogP contribution in [0.2, 0.25) is 0 Å². The fourth-order valence-corrected chi connectivity index (χ4v) is 1.12. The van der Waals surface area contributed by atoms with Crippen LogP contribution in [0.25, 0.3) is 0 Å². The summed E-state index contributed by atoms with van der Waals surface area (Å²) in [5.74, 6) is 0. The van der Waals surface area contributed by atoms with Crippen LogP contribution in [0.5, 0.6) is 0 Å². The van der Waals surface area contributed by atoms with Gasteiger partial charge in [0.1, 0.15) is 0 Å². The first-order valence-corrected chi connectivity index (χ1v) is 5.12. The quantitative estimate of drug-likeness (QED) is 0.574. The van der Waals surface area contributed by atoms with Crippen LogP contribution in [0.3, 0.4) is 0 Å². The van der Waals surface area contributed by atoms with Crippen LogP contribution in [0.1, 0.15) is 20.3 Å².